The first kappa shape index (κ1) is 11.4. The van der Waals surface area contributed by atoms with Gasteiger partial charge in [0, 0.05) is 7.05 Å². The molecule has 0 spiro atoms. The second-order valence-corrected chi connectivity index (χ2v) is 3.02. The minimum atomic E-state index is -0.675. The van der Waals surface area contributed by atoms with Gasteiger partial charge in [-0.25, -0.2) is 0 Å². The van der Waals surface area contributed by atoms with Crippen LogP contribution in [0.25, 0.3) is 0 Å². The van der Waals surface area contributed by atoms with E-state index >= 15 is 0 Å². The summed E-state index contributed by atoms with van der Waals surface area (Å²) in [7, 11) is 3.19. The average molecular weight is 193 g/mol. The molecule has 70 valence electrons. The summed E-state index contributed by atoms with van der Waals surface area (Å²) in [6.45, 7) is 1.73. The van der Waals surface area contributed by atoms with Gasteiger partial charge in [0.2, 0.25) is 11.8 Å². The molecule has 1 unspecified atom stereocenters. The molecule has 5 heteroatoms. The van der Waals surface area contributed by atoms with Crippen LogP contribution in [0.4, 0.5) is 0 Å². The van der Waals surface area contributed by atoms with Crippen LogP contribution in [-0.4, -0.2) is 36.3 Å². The number of nitrogens with one attached hydrogen (secondary N) is 1. The third-order valence-electron chi connectivity index (χ3n) is 2.21. The van der Waals surface area contributed by atoms with Gasteiger partial charge in [0.25, 0.3) is 0 Å². The van der Waals surface area contributed by atoms with Gasteiger partial charge in [0.15, 0.2) is 0 Å². The lowest BCUT2D eigenvalue weighted by Gasteiger charge is -2.19. The lowest BCUT2D eigenvalue weighted by Crippen LogP contribution is -2.46. The zero-order chi connectivity index (χ0) is 8.65. The molecule has 1 aliphatic rings. The van der Waals surface area contributed by atoms with Crippen LogP contribution in [-0.2, 0) is 9.59 Å². The molecule has 0 radical (unpaired) electrons. The quantitative estimate of drug-likeness (QED) is 0.585. The highest BCUT2D eigenvalue weighted by Gasteiger charge is 2.45. The highest BCUT2D eigenvalue weighted by atomic mass is 35.5. The maximum Gasteiger partial charge on any atom is 0.249 e. The van der Waals surface area contributed by atoms with E-state index in [1.807, 2.05) is 0 Å². The molecule has 0 saturated carbocycles. The van der Waals surface area contributed by atoms with Crippen LogP contribution in [0, 0.1) is 0 Å². The minimum Gasteiger partial charge on any atom is -0.306 e. The van der Waals surface area contributed by atoms with E-state index in [1.165, 1.54) is 7.05 Å². The Morgan fingerprint density at radius 1 is 1.50 bits per heavy atom. The summed E-state index contributed by atoms with van der Waals surface area (Å²) in [5.41, 5.74) is -0.675. The molecule has 1 heterocycles. The van der Waals surface area contributed by atoms with Crippen LogP contribution in [0.2, 0.25) is 0 Å². The largest absolute Gasteiger partial charge is 0.306 e. The van der Waals surface area contributed by atoms with Crippen molar-refractivity contribution >= 4 is 24.2 Å². The van der Waals surface area contributed by atoms with Crippen molar-refractivity contribution in [2.45, 2.75) is 18.9 Å². The fourth-order valence-corrected chi connectivity index (χ4v) is 1.18. The average Bonchev–Trinajstić information content (AvgIpc) is 2.17. The zero-order valence-electron chi connectivity index (χ0n) is 7.38. The Labute approximate surface area is 77.7 Å². The Morgan fingerprint density at radius 2 is 2.00 bits per heavy atom. The molecule has 0 aliphatic carbocycles. The van der Waals surface area contributed by atoms with Gasteiger partial charge in [-0.05, 0) is 14.0 Å². The molecule has 1 saturated heterocycles. The number of carbonyl (C=O) groups excluding carboxylic acids is 2. The van der Waals surface area contributed by atoms with E-state index in [0.29, 0.717) is 0 Å². The molecular weight excluding hydrogens is 180 g/mol. The van der Waals surface area contributed by atoms with Gasteiger partial charge in [-0.15, -0.1) is 12.4 Å². The molecule has 12 heavy (non-hydrogen) atoms. The summed E-state index contributed by atoms with van der Waals surface area (Å²) in [5, 5.41) is 2.84. The summed E-state index contributed by atoms with van der Waals surface area (Å²) in [5.74, 6) is -0.267. The van der Waals surface area contributed by atoms with Crippen molar-refractivity contribution in [2.75, 3.05) is 14.1 Å². The van der Waals surface area contributed by atoms with Crippen LogP contribution in [0.15, 0.2) is 0 Å². The Kier molecular flexibility index (Phi) is 3.24. The second kappa shape index (κ2) is 3.41. The monoisotopic (exact) mass is 192 g/mol. The molecule has 1 N–H and O–H groups in total. The number of hydrogen-bond donors (Lipinski definition) is 1. The molecule has 4 nitrogen and oxygen atoms in total. The number of amides is 2. The Balaban J connectivity index is 0.00000121. The van der Waals surface area contributed by atoms with E-state index in [9.17, 15) is 9.59 Å². The van der Waals surface area contributed by atoms with Crippen molar-refractivity contribution < 1.29 is 9.59 Å². The molecule has 2 amide bonds. The van der Waals surface area contributed by atoms with Crippen molar-refractivity contribution in [1.82, 2.24) is 10.2 Å². The summed E-state index contributed by atoms with van der Waals surface area (Å²) in [6.07, 6.45) is 0.263. The number of carbonyl (C=O) groups is 2. The van der Waals surface area contributed by atoms with Crippen LogP contribution in [0.1, 0.15) is 13.3 Å². The third kappa shape index (κ3) is 1.44. The number of likely N-dealkylation sites (N-methyl/N-ethyl adjacent to an activating group) is 2. The van der Waals surface area contributed by atoms with E-state index in [2.05, 4.69) is 5.32 Å². The number of hydrogen-bond acceptors (Lipinski definition) is 3. The molecule has 1 fully saturated rings. The standard InChI is InChI=1S/C7H12N2O2.ClH/c1-7(8-2)4-5(10)9(3)6(7)11;/h8H,4H2,1-3H3;1H. The number of likely N-dealkylation sites (tertiary alicyclic amines) is 1. The summed E-state index contributed by atoms with van der Waals surface area (Å²) >= 11 is 0. The van der Waals surface area contributed by atoms with Gasteiger partial charge in [-0.2, -0.15) is 0 Å². The first-order chi connectivity index (χ1) is 5.01. The van der Waals surface area contributed by atoms with Crippen molar-refractivity contribution in [3.05, 3.63) is 0 Å². The van der Waals surface area contributed by atoms with E-state index < -0.39 is 5.54 Å². The molecule has 1 aliphatic heterocycles. The lowest BCUT2D eigenvalue weighted by atomic mass is 10.0. The maximum atomic E-state index is 11.3. The van der Waals surface area contributed by atoms with Gasteiger partial charge >= 0.3 is 0 Å². The van der Waals surface area contributed by atoms with Gasteiger partial charge in [0.05, 0.1) is 6.42 Å². The van der Waals surface area contributed by atoms with E-state index in [4.69, 9.17) is 0 Å². The van der Waals surface area contributed by atoms with Crippen molar-refractivity contribution in [3.8, 4) is 0 Å². The summed E-state index contributed by atoms with van der Waals surface area (Å²) in [4.78, 5) is 23.5. The van der Waals surface area contributed by atoms with Gasteiger partial charge in [-0.1, -0.05) is 0 Å². The SMILES string of the molecule is CNC1(C)CC(=O)N(C)C1=O.Cl. The summed E-state index contributed by atoms with van der Waals surface area (Å²) in [6, 6.07) is 0. The van der Waals surface area contributed by atoms with Crippen LogP contribution >= 0.6 is 12.4 Å². The fourth-order valence-electron chi connectivity index (χ4n) is 1.18. The molecule has 1 rings (SSSR count). The van der Waals surface area contributed by atoms with E-state index in [-0.39, 0.29) is 30.6 Å². The first-order valence-corrected chi connectivity index (χ1v) is 3.51. The highest BCUT2D eigenvalue weighted by molar-refractivity contribution is 6.07. The lowest BCUT2D eigenvalue weighted by molar-refractivity contribution is -0.138. The first-order valence-electron chi connectivity index (χ1n) is 3.51. The molecular formula is C7H13ClN2O2. The van der Waals surface area contributed by atoms with Gasteiger partial charge in [0.1, 0.15) is 5.54 Å². The molecule has 1 atom stereocenters. The number of rotatable bonds is 1. The number of halogens is 1. The van der Waals surface area contributed by atoms with Crippen LogP contribution in [0.3, 0.4) is 0 Å². The number of nitrogens with zero attached hydrogens (tertiary/aromatic N) is 1. The van der Waals surface area contributed by atoms with E-state index in [1.54, 1.807) is 14.0 Å². The van der Waals surface area contributed by atoms with Gasteiger partial charge < -0.3 is 5.32 Å². The van der Waals surface area contributed by atoms with Crippen LogP contribution in [0.5, 0.6) is 0 Å². The summed E-state index contributed by atoms with van der Waals surface area (Å²) < 4.78 is 0. The van der Waals surface area contributed by atoms with Gasteiger partial charge in [-0.3, -0.25) is 14.5 Å². The van der Waals surface area contributed by atoms with Crippen molar-refractivity contribution in [3.63, 3.8) is 0 Å². The smallest absolute Gasteiger partial charge is 0.249 e. The highest BCUT2D eigenvalue weighted by Crippen LogP contribution is 2.21. The predicted molar refractivity (Wildman–Crippen MR) is 47.1 cm³/mol. The van der Waals surface area contributed by atoms with Crippen molar-refractivity contribution in [2.24, 2.45) is 0 Å². The Bertz CT molecular complexity index is 219. The molecule has 0 aromatic heterocycles. The predicted octanol–water partition coefficient (Wildman–Crippen LogP) is -0.225. The maximum absolute atomic E-state index is 11.3. The van der Waals surface area contributed by atoms with E-state index in [0.717, 1.165) is 4.90 Å². The minimum absolute atomic E-state index is 0. The normalized spacial score (nSPS) is 29.1. The Morgan fingerprint density at radius 3 is 2.17 bits per heavy atom. The number of imide groups is 1. The van der Waals surface area contributed by atoms with Crippen molar-refractivity contribution in [1.29, 1.82) is 0 Å². The topological polar surface area (TPSA) is 49.4 Å². The third-order valence-corrected chi connectivity index (χ3v) is 2.21. The second-order valence-electron chi connectivity index (χ2n) is 3.02. The fraction of sp³-hybridized carbons (Fsp3) is 0.714. The molecule has 0 bridgehead atoms. The molecule has 0 aromatic rings. The molecule has 0 aromatic carbocycles. The van der Waals surface area contributed by atoms with Crippen LogP contribution < -0.4 is 5.32 Å². The zero-order valence-corrected chi connectivity index (χ0v) is 8.20. The Hall–Kier alpha value is -0.610.